The van der Waals surface area contributed by atoms with E-state index in [9.17, 15) is 19.5 Å². The van der Waals surface area contributed by atoms with Crippen LogP contribution in [-0.4, -0.2) is 53.1 Å². The first kappa shape index (κ1) is 35.7. The average Bonchev–Trinajstić information content (AvgIpc) is 3.67. The molecule has 11 heteroatoms. The van der Waals surface area contributed by atoms with Gasteiger partial charge >= 0.3 is 12.0 Å². The number of nitrogens with two attached hydrogens (primary N) is 1. The molecule has 278 valence electrons. The predicted octanol–water partition coefficient (Wildman–Crippen LogP) is 5.68. The van der Waals surface area contributed by atoms with Gasteiger partial charge in [0.15, 0.2) is 0 Å². The molecular weight excluding hydrogens is 697 g/mol. The summed E-state index contributed by atoms with van der Waals surface area (Å²) in [5.41, 5.74) is 7.85. The molecule has 5 aromatic rings. The number of imide groups is 1. The lowest BCUT2D eigenvalue weighted by atomic mass is 9.65. The number of anilines is 1. The second-order valence-electron chi connectivity index (χ2n) is 14.0. The fourth-order valence-electron chi connectivity index (χ4n) is 8.93. The van der Waals surface area contributed by atoms with E-state index in [1.54, 1.807) is 48.5 Å². The van der Waals surface area contributed by atoms with Crippen molar-refractivity contribution in [3.8, 4) is 5.75 Å². The number of morpholine rings is 1. The van der Waals surface area contributed by atoms with E-state index in [4.69, 9.17) is 15.2 Å². The highest BCUT2D eigenvalue weighted by Gasteiger charge is 2.75. The van der Waals surface area contributed by atoms with Gasteiger partial charge in [0, 0.05) is 5.56 Å². The summed E-state index contributed by atoms with van der Waals surface area (Å²) in [6.07, 6.45) is -0.873. The van der Waals surface area contributed by atoms with E-state index < -0.39 is 65.4 Å². The molecule has 1 spiro atoms. The van der Waals surface area contributed by atoms with Crippen molar-refractivity contribution in [2.75, 3.05) is 18.1 Å². The Morgan fingerprint density at radius 3 is 2.09 bits per heavy atom. The van der Waals surface area contributed by atoms with Crippen molar-refractivity contribution < 1.29 is 33.8 Å². The van der Waals surface area contributed by atoms with E-state index in [0.717, 1.165) is 16.0 Å². The van der Waals surface area contributed by atoms with Gasteiger partial charge in [-0.1, -0.05) is 127 Å². The molecule has 0 aliphatic carbocycles. The number of fused-ring (bicyclic) bond motifs is 3. The number of hydrogen-bond donors (Lipinski definition) is 3. The first-order valence-electron chi connectivity index (χ1n) is 18.3. The monoisotopic (exact) mass is 736 g/mol. The number of urea groups is 1. The Kier molecular flexibility index (Phi) is 9.42. The molecule has 55 heavy (non-hydrogen) atoms. The number of rotatable bonds is 9. The molecule has 2 fully saturated rings. The van der Waals surface area contributed by atoms with E-state index in [-0.39, 0.29) is 18.9 Å². The quantitative estimate of drug-likeness (QED) is 0.164. The molecule has 3 aliphatic rings. The number of hydrogen-bond acceptors (Lipinski definition) is 8. The molecule has 0 bridgehead atoms. The predicted molar refractivity (Wildman–Crippen MR) is 204 cm³/mol. The van der Waals surface area contributed by atoms with E-state index in [1.807, 2.05) is 103 Å². The van der Waals surface area contributed by atoms with E-state index >= 15 is 4.79 Å². The Morgan fingerprint density at radius 2 is 1.42 bits per heavy atom. The van der Waals surface area contributed by atoms with Crippen LogP contribution in [-0.2, 0) is 24.5 Å². The van der Waals surface area contributed by atoms with E-state index in [2.05, 4.69) is 5.32 Å². The molecule has 0 unspecified atom stereocenters. The minimum Gasteiger partial charge on any atom is -0.491 e. The second kappa shape index (κ2) is 14.5. The van der Waals surface area contributed by atoms with Gasteiger partial charge in [-0.2, -0.15) is 0 Å². The number of aliphatic hydroxyl groups excluding tert-OH is 1. The summed E-state index contributed by atoms with van der Waals surface area (Å²) < 4.78 is 12.5. The lowest BCUT2D eigenvalue weighted by molar-refractivity contribution is -0.178. The van der Waals surface area contributed by atoms with Crippen LogP contribution >= 0.6 is 0 Å². The van der Waals surface area contributed by atoms with Crippen LogP contribution in [0.25, 0.3) is 0 Å². The van der Waals surface area contributed by atoms with Gasteiger partial charge in [0.2, 0.25) is 11.8 Å². The largest absolute Gasteiger partial charge is 0.491 e. The van der Waals surface area contributed by atoms with Gasteiger partial charge in [-0.15, -0.1) is 0 Å². The Labute approximate surface area is 318 Å². The maximum absolute atomic E-state index is 15.8. The zero-order valence-electron chi connectivity index (χ0n) is 30.0. The molecule has 4 N–H and O–H groups in total. The topological polar surface area (TPSA) is 151 Å². The van der Waals surface area contributed by atoms with Gasteiger partial charge in [-0.25, -0.2) is 9.69 Å². The van der Waals surface area contributed by atoms with Crippen LogP contribution in [0, 0.1) is 5.92 Å². The molecule has 4 amide bonds. The van der Waals surface area contributed by atoms with Crippen LogP contribution in [0.1, 0.15) is 59.0 Å². The van der Waals surface area contributed by atoms with Crippen molar-refractivity contribution in [1.29, 1.82) is 0 Å². The van der Waals surface area contributed by atoms with Crippen LogP contribution in [0.2, 0.25) is 0 Å². The molecule has 0 saturated carbocycles. The zero-order chi connectivity index (χ0) is 38.3. The highest BCUT2D eigenvalue weighted by atomic mass is 16.6. The Bertz CT molecular complexity index is 2240. The van der Waals surface area contributed by atoms with Crippen molar-refractivity contribution in [2.24, 2.45) is 11.7 Å². The Hall–Kier alpha value is -6.30. The number of benzene rings is 5. The number of carbonyl (C=O) groups is 4. The van der Waals surface area contributed by atoms with Crippen molar-refractivity contribution >= 4 is 29.5 Å². The van der Waals surface area contributed by atoms with Gasteiger partial charge in [-0.05, 0) is 41.3 Å². The smallest absolute Gasteiger partial charge is 0.329 e. The number of amides is 4. The van der Waals surface area contributed by atoms with Gasteiger partial charge in [0.1, 0.15) is 29.9 Å². The molecule has 3 aliphatic heterocycles. The highest BCUT2D eigenvalue weighted by molar-refractivity contribution is 6.24. The summed E-state index contributed by atoms with van der Waals surface area (Å²) >= 11 is 0. The molecule has 7 atom stereocenters. The van der Waals surface area contributed by atoms with Crippen LogP contribution in [0.3, 0.4) is 0 Å². The van der Waals surface area contributed by atoms with E-state index in [1.165, 1.54) is 0 Å². The lowest BCUT2D eigenvalue weighted by Crippen LogP contribution is -2.55. The van der Waals surface area contributed by atoms with Crippen LogP contribution in [0.4, 0.5) is 10.5 Å². The zero-order valence-corrected chi connectivity index (χ0v) is 30.0. The minimum absolute atomic E-state index is 0.0629. The minimum atomic E-state index is -1.93. The molecule has 3 heterocycles. The van der Waals surface area contributed by atoms with Gasteiger partial charge in [0.05, 0.1) is 36.3 Å². The number of primary amides is 1. The fraction of sp³-hybridized carbons (Fsp3) is 0.227. The summed E-state index contributed by atoms with van der Waals surface area (Å²) in [7, 11) is 0. The van der Waals surface area contributed by atoms with Crippen LogP contribution in [0.5, 0.6) is 5.75 Å². The molecule has 0 aromatic heterocycles. The standard InChI is InChI=1S/C44H40N4O7/c1-27(28-15-5-2-6-16-28)46-43(53)47-33-23-13-12-22-32(33)44(42(47)52)35(40(45)50)37-41(51)55-38(30-19-9-4-10-20-30)36(29-17-7-3-8-18-29)48(37)39(44)31-21-11-14-24-34(31)54-26-25-49/h2-24,27,35-39,49H,25-26H2,1H3,(H2,45,50)(H,46,53)/t27-,35+,36+,37+,38-,39-,44+/m1/s1. The lowest BCUT2D eigenvalue weighted by Gasteiger charge is -2.46. The third-order valence-electron chi connectivity index (χ3n) is 11.1. The molecule has 0 radical (unpaired) electrons. The SMILES string of the molecule is C[C@@H](NC(=O)N1C(=O)[C@@]2(c3ccccc31)[C@H](C(N)=O)[C@H]1C(=O)O[C@H](c3ccccc3)[C@H](c3ccccc3)N1[C@@H]2c1ccccc1OCCO)c1ccccc1. The number of para-hydroxylation sites is 2. The Morgan fingerprint density at radius 1 is 0.818 bits per heavy atom. The van der Waals surface area contributed by atoms with Crippen molar-refractivity contribution in [3.63, 3.8) is 0 Å². The maximum Gasteiger partial charge on any atom is 0.329 e. The number of ether oxygens (including phenoxy) is 2. The van der Waals surface area contributed by atoms with Crippen molar-refractivity contribution in [2.45, 2.75) is 42.6 Å². The third-order valence-corrected chi connectivity index (χ3v) is 11.1. The first-order chi connectivity index (χ1) is 26.8. The molecular formula is C44H40N4O7. The van der Waals surface area contributed by atoms with Crippen LogP contribution in [0.15, 0.2) is 140 Å². The number of carbonyl (C=O) groups excluding carboxylic acids is 4. The number of cyclic esters (lactones) is 1. The fourth-order valence-corrected chi connectivity index (χ4v) is 8.93. The highest BCUT2D eigenvalue weighted by Crippen LogP contribution is 2.66. The second-order valence-corrected chi connectivity index (χ2v) is 14.0. The Balaban J connectivity index is 1.40. The third kappa shape index (κ3) is 5.74. The van der Waals surface area contributed by atoms with Gasteiger partial charge in [0.25, 0.3) is 0 Å². The van der Waals surface area contributed by atoms with Gasteiger partial charge < -0.3 is 25.6 Å². The molecule has 11 nitrogen and oxygen atoms in total. The van der Waals surface area contributed by atoms with Gasteiger partial charge in [-0.3, -0.25) is 19.3 Å². The van der Waals surface area contributed by atoms with E-state index in [0.29, 0.717) is 22.4 Å². The molecule has 2 saturated heterocycles. The number of esters is 1. The number of nitrogens with one attached hydrogen (secondary N) is 1. The first-order valence-corrected chi connectivity index (χ1v) is 18.3. The van der Waals surface area contributed by atoms with Crippen LogP contribution < -0.4 is 20.7 Å². The van der Waals surface area contributed by atoms with Crippen molar-refractivity contribution in [3.05, 3.63) is 167 Å². The summed E-state index contributed by atoms with van der Waals surface area (Å²) in [5.74, 6) is -3.53. The maximum atomic E-state index is 15.8. The summed E-state index contributed by atoms with van der Waals surface area (Å²) in [5, 5.41) is 12.8. The number of nitrogens with zero attached hydrogens (tertiary/aromatic N) is 2. The number of aliphatic hydroxyl groups is 1. The summed E-state index contributed by atoms with van der Waals surface area (Å²) in [4.78, 5) is 62.2. The summed E-state index contributed by atoms with van der Waals surface area (Å²) in [6.45, 7) is 1.47. The summed E-state index contributed by atoms with van der Waals surface area (Å²) in [6, 6.07) is 37.6. The molecule has 8 rings (SSSR count). The molecule has 5 aromatic carbocycles. The average molecular weight is 737 g/mol. The normalized spacial score (nSPS) is 24.8. The van der Waals surface area contributed by atoms with Crippen molar-refractivity contribution in [1.82, 2.24) is 10.2 Å².